The standard InChI is InChI=1S/C12H15ClO3/c1-3-15-9-5-6-12(16-4-2)10(7-9)11(14)8-13/h5-7H,3-4,8H2,1-2H3. The maximum absolute atomic E-state index is 11.6. The Morgan fingerprint density at radius 1 is 1.25 bits per heavy atom. The normalized spacial score (nSPS) is 9.94. The smallest absolute Gasteiger partial charge is 0.181 e. The monoisotopic (exact) mass is 242 g/mol. The molecule has 1 aromatic rings. The molecule has 0 aromatic heterocycles. The highest BCUT2D eigenvalue weighted by Crippen LogP contribution is 2.25. The summed E-state index contributed by atoms with van der Waals surface area (Å²) in [7, 11) is 0. The third-order valence-electron chi connectivity index (χ3n) is 1.98. The van der Waals surface area contributed by atoms with Crippen LogP contribution in [-0.4, -0.2) is 24.9 Å². The van der Waals surface area contributed by atoms with Gasteiger partial charge in [-0.15, -0.1) is 11.6 Å². The Balaban J connectivity index is 3.05. The Bertz CT molecular complexity index is 363. The molecule has 0 saturated carbocycles. The van der Waals surface area contributed by atoms with Gasteiger partial charge in [0.25, 0.3) is 0 Å². The molecule has 0 saturated heterocycles. The number of hydrogen-bond acceptors (Lipinski definition) is 3. The highest BCUT2D eigenvalue weighted by Gasteiger charge is 2.12. The molecule has 88 valence electrons. The zero-order chi connectivity index (χ0) is 12.0. The van der Waals surface area contributed by atoms with Gasteiger partial charge in [0.15, 0.2) is 5.78 Å². The van der Waals surface area contributed by atoms with E-state index in [1.807, 2.05) is 13.8 Å². The highest BCUT2D eigenvalue weighted by molar-refractivity contribution is 6.30. The Labute approximate surface area is 100 Å². The third kappa shape index (κ3) is 3.14. The van der Waals surface area contributed by atoms with Gasteiger partial charge in [-0.1, -0.05) is 0 Å². The lowest BCUT2D eigenvalue weighted by atomic mass is 10.1. The Hall–Kier alpha value is -1.22. The molecule has 0 fully saturated rings. The average Bonchev–Trinajstić information content (AvgIpc) is 2.31. The van der Waals surface area contributed by atoms with Crippen LogP contribution in [0.15, 0.2) is 18.2 Å². The van der Waals surface area contributed by atoms with Crippen LogP contribution in [0.3, 0.4) is 0 Å². The summed E-state index contributed by atoms with van der Waals surface area (Å²) in [5.74, 6) is 0.984. The molecular formula is C12H15ClO3. The number of carbonyl (C=O) groups excluding carboxylic acids is 1. The average molecular weight is 243 g/mol. The number of ether oxygens (including phenoxy) is 2. The van der Waals surface area contributed by atoms with E-state index in [2.05, 4.69) is 0 Å². The number of benzene rings is 1. The summed E-state index contributed by atoms with van der Waals surface area (Å²) in [6, 6.07) is 5.17. The van der Waals surface area contributed by atoms with Crippen LogP contribution in [0, 0.1) is 0 Å². The van der Waals surface area contributed by atoms with E-state index in [0.717, 1.165) is 0 Å². The van der Waals surface area contributed by atoms with Gasteiger partial charge in [0, 0.05) is 0 Å². The van der Waals surface area contributed by atoms with Crippen molar-refractivity contribution in [1.29, 1.82) is 0 Å². The van der Waals surface area contributed by atoms with Crippen molar-refractivity contribution in [2.75, 3.05) is 19.1 Å². The van der Waals surface area contributed by atoms with Crippen LogP contribution < -0.4 is 9.47 Å². The minimum atomic E-state index is -0.160. The topological polar surface area (TPSA) is 35.5 Å². The second-order valence-electron chi connectivity index (χ2n) is 3.08. The zero-order valence-electron chi connectivity index (χ0n) is 9.46. The van der Waals surface area contributed by atoms with E-state index < -0.39 is 0 Å². The second-order valence-corrected chi connectivity index (χ2v) is 3.35. The van der Waals surface area contributed by atoms with E-state index >= 15 is 0 Å². The van der Waals surface area contributed by atoms with Crippen LogP contribution in [0.1, 0.15) is 24.2 Å². The van der Waals surface area contributed by atoms with Crippen LogP contribution in [0.4, 0.5) is 0 Å². The van der Waals surface area contributed by atoms with Gasteiger partial charge >= 0.3 is 0 Å². The van der Waals surface area contributed by atoms with Crippen molar-refractivity contribution in [3.05, 3.63) is 23.8 Å². The first-order chi connectivity index (χ1) is 7.72. The summed E-state index contributed by atoms with van der Waals surface area (Å²) in [4.78, 5) is 11.6. The predicted molar refractivity (Wildman–Crippen MR) is 63.8 cm³/mol. The van der Waals surface area contributed by atoms with E-state index in [0.29, 0.717) is 30.3 Å². The van der Waals surface area contributed by atoms with Gasteiger partial charge in [-0.3, -0.25) is 4.79 Å². The molecule has 0 aliphatic heterocycles. The minimum Gasteiger partial charge on any atom is -0.494 e. The van der Waals surface area contributed by atoms with Crippen molar-refractivity contribution in [1.82, 2.24) is 0 Å². The molecule has 0 aliphatic carbocycles. The molecule has 0 spiro atoms. The SMILES string of the molecule is CCOc1ccc(OCC)c(C(=O)CCl)c1. The molecule has 0 N–H and O–H groups in total. The van der Waals surface area contributed by atoms with E-state index in [1.165, 1.54) is 0 Å². The molecule has 0 aliphatic rings. The number of Topliss-reactive ketones (excluding diaryl/α,β-unsaturated/α-hetero) is 1. The molecule has 0 radical (unpaired) electrons. The fourth-order valence-electron chi connectivity index (χ4n) is 1.34. The van der Waals surface area contributed by atoms with E-state index in [9.17, 15) is 4.79 Å². The molecule has 16 heavy (non-hydrogen) atoms. The fraction of sp³-hybridized carbons (Fsp3) is 0.417. The molecule has 0 heterocycles. The maximum atomic E-state index is 11.6. The van der Waals surface area contributed by atoms with Gasteiger partial charge in [-0.05, 0) is 32.0 Å². The summed E-state index contributed by atoms with van der Waals surface area (Å²) in [5.41, 5.74) is 0.475. The number of ketones is 1. The zero-order valence-corrected chi connectivity index (χ0v) is 10.2. The van der Waals surface area contributed by atoms with Gasteiger partial charge in [-0.2, -0.15) is 0 Å². The van der Waals surface area contributed by atoms with E-state index in [1.54, 1.807) is 18.2 Å². The lowest BCUT2D eigenvalue weighted by molar-refractivity contribution is 0.101. The molecule has 3 nitrogen and oxygen atoms in total. The van der Waals surface area contributed by atoms with Crippen LogP contribution in [0.5, 0.6) is 11.5 Å². The predicted octanol–water partition coefficient (Wildman–Crippen LogP) is 2.91. The second kappa shape index (κ2) is 6.38. The largest absolute Gasteiger partial charge is 0.494 e. The van der Waals surface area contributed by atoms with Crippen molar-refractivity contribution < 1.29 is 14.3 Å². The Kier molecular flexibility index (Phi) is 5.12. The molecule has 0 bridgehead atoms. The van der Waals surface area contributed by atoms with Crippen molar-refractivity contribution in [2.45, 2.75) is 13.8 Å². The molecule has 1 rings (SSSR count). The molecule has 0 atom stereocenters. The van der Waals surface area contributed by atoms with Gasteiger partial charge in [0.1, 0.15) is 11.5 Å². The van der Waals surface area contributed by atoms with Crippen LogP contribution in [0.25, 0.3) is 0 Å². The van der Waals surface area contributed by atoms with Crippen molar-refractivity contribution in [3.63, 3.8) is 0 Å². The quantitative estimate of drug-likeness (QED) is 0.568. The number of rotatable bonds is 6. The van der Waals surface area contributed by atoms with Crippen LogP contribution in [0.2, 0.25) is 0 Å². The van der Waals surface area contributed by atoms with Crippen molar-refractivity contribution in [2.24, 2.45) is 0 Å². The van der Waals surface area contributed by atoms with Gasteiger partial charge in [0.05, 0.1) is 24.7 Å². The molecule has 0 unspecified atom stereocenters. The van der Waals surface area contributed by atoms with Gasteiger partial charge < -0.3 is 9.47 Å². The van der Waals surface area contributed by atoms with Crippen LogP contribution in [-0.2, 0) is 0 Å². The number of halogens is 1. The molecular weight excluding hydrogens is 228 g/mol. The highest BCUT2D eigenvalue weighted by atomic mass is 35.5. The minimum absolute atomic E-state index is 0.0599. The van der Waals surface area contributed by atoms with E-state index in [-0.39, 0.29) is 11.7 Å². The molecule has 1 aromatic carbocycles. The lowest BCUT2D eigenvalue weighted by Gasteiger charge is -2.10. The molecule has 0 amide bonds. The van der Waals surface area contributed by atoms with Crippen molar-refractivity contribution in [3.8, 4) is 11.5 Å². The number of hydrogen-bond donors (Lipinski definition) is 0. The van der Waals surface area contributed by atoms with E-state index in [4.69, 9.17) is 21.1 Å². The maximum Gasteiger partial charge on any atom is 0.181 e. The summed E-state index contributed by atoms with van der Waals surface area (Å²) in [6.45, 7) is 4.82. The lowest BCUT2D eigenvalue weighted by Crippen LogP contribution is -2.06. The first-order valence-electron chi connectivity index (χ1n) is 5.21. The summed E-state index contributed by atoms with van der Waals surface area (Å²) >= 11 is 5.54. The first-order valence-corrected chi connectivity index (χ1v) is 5.75. The summed E-state index contributed by atoms with van der Waals surface area (Å²) in [6.07, 6.45) is 0. The third-order valence-corrected chi connectivity index (χ3v) is 2.23. The summed E-state index contributed by atoms with van der Waals surface area (Å²) in [5, 5.41) is 0. The Morgan fingerprint density at radius 3 is 2.50 bits per heavy atom. The first kappa shape index (κ1) is 12.8. The number of alkyl halides is 1. The van der Waals surface area contributed by atoms with Crippen molar-refractivity contribution >= 4 is 17.4 Å². The molecule has 4 heteroatoms. The van der Waals surface area contributed by atoms with Crippen LogP contribution >= 0.6 is 11.6 Å². The van der Waals surface area contributed by atoms with Gasteiger partial charge in [-0.25, -0.2) is 0 Å². The summed E-state index contributed by atoms with van der Waals surface area (Å²) < 4.78 is 10.7. The Morgan fingerprint density at radius 2 is 1.94 bits per heavy atom. The van der Waals surface area contributed by atoms with Gasteiger partial charge in [0.2, 0.25) is 0 Å². The fourth-order valence-corrected chi connectivity index (χ4v) is 1.48. The number of carbonyl (C=O) groups is 1.